The molecule has 0 aliphatic rings. The van der Waals surface area contributed by atoms with E-state index in [1.54, 1.807) is 0 Å². The number of carbonyl (C=O) groups excluding carboxylic acids is 1. The van der Waals surface area contributed by atoms with Crippen molar-refractivity contribution in [3.05, 3.63) is 101 Å². The number of hydrogen-bond acceptors (Lipinski definition) is 2. The number of benzene rings is 3. The first-order valence-electron chi connectivity index (χ1n) is 10.7. The number of halogens is 1. The summed E-state index contributed by atoms with van der Waals surface area (Å²) in [6, 6.07) is 25.6. The first-order valence-corrected chi connectivity index (χ1v) is 11.1. The number of aryl methyl sites for hydroxylation is 1. The van der Waals surface area contributed by atoms with Crippen LogP contribution in [0.4, 0.5) is 0 Å². The van der Waals surface area contributed by atoms with Gasteiger partial charge in [-0.1, -0.05) is 60.5 Å². The molecule has 0 fully saturated rings. The molecule has 0 atom stereocenters. The van der Waals surface area contributed by atoms with Gasteiger partial charge in [0, 0.05) is 30.1 Å². The van der Waals surface area contributed by atoms with Gasteiger partial charge in [-0.25, -0.2) is 4.98 Å². The van der Waals surface area contributed by atoms with E-state index in [9.17, 15) is 4.79 Å². The Balaban J connectivity index is 1.33. The molecule has 0 aliphatic carbocycles. The van der Waals surface area contributed by atoms with Crippen LogP contribution in [0.2, 0.25) is 5.02 Å². The summed E-state index contributed by atoms with van der Waals surface area (Å²) in [5.74, 6) is 1.09. The molecule has 158 valence electrons. The molecule has 1 heterocycles. The highest BCUT2D eigenvalue weighted by Gasteiger charge is 2.11. The molecule has 3 aromatic carbocycles. The molecule has 4 nitrogen and oxygen atoms in total. The predicted octanol–water partition coefficient (Wildman–Crippen LogP) is 5.88. The van der Waals surface area contributed by atoms with Gasteiger partial charge < -0.3 is 9.88 Å². The minimum absolute atomic E-state index is 0.00893. The fourth-order valence-electron chi connectivity index (χ4n) is 3.74. The second-order valence-electron chi connectivity index (χ2n) is 7.66. The normalized spacial score (nSPS) is 11.0. The first kappa shape index (κ1) is 21.1. The number of nitrogens with zero attached hydrogens (tertiary/aromatic N) is 2. The molecule has 31 heavy (non-hydrogen) atoms. The molecule has 0 saturated carbocycles. The second-order valence-corrected chi connectivity index (χ2v) is 8.10. The Bertz CT molecular complexity index is 1140. The molecule has 0 spiro atoms. The van der Waals surface area contributed by atoms with Gasteiger partial charge in [-0.15, -0.1) is 0 Å². The van der Waals surface area contributed by atoms with Gasteiger partial charge in [-0.2, -0.15) is 0 Å². The maximum atomic E-state index is 12.1. The van der Waals surface area contributed by atoms with Crippen LogP contribution in [0, 0.1) is 0 Å². The van der Waals surface area contributed by atoms with Crippen molar-refractivity contribution in [2.45, 2.75) is 32.2 Å². The van der Waals surface area contributed by atoms with Crippen LogP contribution in [-0.4, -0.2) is 22.0 Å². The quantitative estimate of drug-likeness (QED) is 0.336. The van der Waals surface area contributed by atoms with Gasteiger partial charge in [0.1, 0.15) is 5.82 Å². The summed E-state index contributed by atoms with van der Waals surface area (Å²) in [4.78, 5) is 17.0. The summed E-state index contributed by atoms with van der Waals surface area (Å²) < 4.78 is 2.30. The highest BCUT2D eigenvalue weighted by atomic mass is 35.5. The van der Waals surface area contributed by atoms with E-state index in [0.717, 1.165) is 54.1 Å². The number of aromatic nitrogens is 2. The second kappa shape index (κ2) is 10.3. The Hall–Kier alpha value is -3.11. The van der Waals surface area contributed by atoms with Crippen molar-refractivity contribution < 1.29 is 4.79 Å². The van der Waals surface area contributed by atoms with Crippen molar-refractivity contribution >= 4 is 28.5 Å². The number of hydrogen-bond donors (Lipinski definition) is 1. The molecule has 1 N–H and O–H groups in total. The van der Waals surface area contributed by atoms with Gasteiger partial charge in [0.15, 0.2) is 0 Å². The van der Waals surface area contributed by atoms with Crippen LogP contribution in [0.5, 0.6) is 0 Å². The molecule has 0 saturated heterocycles. The Morgan fingerprint density at radius 3 is 2.42 bits per heavy atom. The van der Waals surface area contributed by atoms with Gasteiger partial charge in [-0.05, 0) is 54.8 Å². The van der Waals surface area contributed by atoms with Crippen LogP contribution in [0.25, 0.3) is 11.0 Å². The Labute approximate surface area is 187 Å². The minimum Gasteiger partial charge on any atom is -0.352 e. The molecule has 0 unspecified atom stereocenters. The zero-order valence-electron chi connectivity index (χ0n) is 17.4. The van der Waals surface area contributed by atoms with Crippen LogP contribution >= 0.6 is 11.6 Å². The maximum absolute atomic E-state index is 12.1. The van der Waals surface area contributed by atoms with E-state index in [0.29, 0.717) is 12.1 Å². The monoisotopic (exact) mass is 431 g/mol. The summed E-state index contributed by atoms with van der Waals surface area (Å²) in [6.45, 7) is 1.47. The highest BCUT2D eigenvalue weighted by Crippen LogP contribution is 2.20. The molecular weight excluding hydrogens is 406 g/mol. The number of amides is 1. The minimum atomic E-state index is -0.00893. The third kappa shape index (κ3) is 5.53. The fourth-order valence-corrected chi connectivity index (χ4v) is 3.87. The van der Waals surface area contributed by atoms with Gasteiger partial charge in [0.2, 0.25) is 0 Å². The summed E-state index contributed by atoms with van der Waals surface area (Å²) in [6.07, 6.45) is 3.94. The molecule has 1 aromatic heterocycles. The lowest BCUT2D eigenvalue weighted by Crippen LogP contribution is -2.24. The average Bonchev–Trinajstić information content (AvgIpc) is 3.15. The topological polar surface area (TPSA) is 46.9 Å². The number of rotatable bonds is 9. The van der Waals surface area contributed by atoms with Gasteiger partial charge >= 0.3 is 0 Å². The molecule has 0 radical (unpaired) electrons. The van der Waals surface area contributed by atoms with E-state index in [-0.39, 0.29) is 5.91 Å². The van der Waals surface area contributed by atoms with E-state index in [4.69, 9.17) is 16.6 Å². The third-order valence-corrected chi connectivity index (χ3v) is 5.64. The zero-order valence-corrected chi connectivity index (χ0v) is 18.2. The number of nitrogens with one attached hydrogen (secondary N) is 1. The van der Waals surface area contributed by atoms with Crippen LogP contribution in [0.1, 0.15) is 41.0 Å². The molecule has 5 heteroatoms. The lowest BCUT2D eigenvalue weighted by molar-refractivity contribution is 0.0953. The van der Waals surface area contributed by atoms with Crippen LogP contribution in [-0.2, 0) is 13.0 Å². The standard InChI is InChI=1S/C26H26ClN3O/c27-22-16-14-20(15-17-22)19-30-24-12-7-6-11-23(24)29-25(30)13-5-2-8-18-28-26(31)21-9-3-1-4-10-21/h1,3-4,6-7,9-12,14-17H,2,5,8,13,18-19H2,(H,28,31). The van der Waals surface area contributed by atoms with Crippen molar-refractivity contribution in [2.24, 2.45) is 0 Å². The maximum Gasteiger partial charge on any atom is 0.251 e. The largest absolute Gasteiger partial charge is 0.352 e. The number of unbranched alkanes of at least 4 members (excludes halogenated alkanes) is 2. The third-order valence-electron chi connectivity index (χ3n) is 5.39. The zero-order chi connectivity index (χ0) is 21.5. The van der Waals surface area contributed by atoms with Gasteiger partial charge in [0.25, 0.3) is 5.91 Å². The fraction of sp³-hybridized carbons (Fsp3) is 0.231. The van der Waals surface area contributed by atoms with Gasteiger partial charge in [0.05, 0.1) is 11.0 Å². The molecule has 4 rings (SSSR count). The van der Waals surface area contributed by atoms with Gasteiger partial charge in [-0.3, -0.25) is 4.79 Å². The Kier molecular flexibility index (Phi) is 7.00. The SMILES string of the molecule is O=C(NCCCCCc1nc2ccccc2n1Cc1ccc(Cl)cc1)c1ccccc1. The predicted molar refractivity (Wildman–Crippen MR) is 127 cm³/mol. The molecule has 0 aliphatic heterocycles. The lowest BCUT2D eigenvalue weighted by atomic mass is 10.1. The van der Waals surface area contributed by atoms with Crippen molar-refractivity contribution in [3.63, 3.8) is 0 Å². The smallest absolute Gasteiger partial charge is 0.251 e. The summed E-state index contributed by atoms with van der Waals surface area (Å²) in [5.41, 5.74) is 4.10. The number of fused-ring (bicyclic) bond motifs is 1. The molecule has 1 amide bonds. The van der Waals surface area contributed by atoms with Crippen molar-refractivity contribution in [1.29, 1.82) is 0 Å². The Morgan fingerprint density at radius 1 is 0.871 bits per heavy atom. The number of para-hydroxylation sites is 2. The highest BCUT2D eigenvalue weighted by molar-refractivity contribution is 6.30. The van der Waals surface area contributed by atoms with Crippen LogP contribution < -0.4 is 5.32 Å². The number of carbonyl (C=O) groups is 1. The van der Waals surface area contributed by atoms with Crippen molar-refractivity contribution in [3.8, 4) is 0 Å². The summed E-state index contributed by atoms with van der Waals surface area (Å²) >= 11 is 6.04. The summed E-state index contributed by atoms with van der Waals surface area (Å²) in [5, 5.41) is 3.75. The Morgan fingerprint density at radius 2 is 1.61 bits per heavy atom. The van der Waals surface area contributed by atoms with Crippen LogP contribution in [0.3, 0.4) is 0 Å². The molecule has 0 bridgehead atoms. The summed E-state index contributed by atoms with van der Waals surface area (Å²) in [7, 11) is 0. The van der Waals surface area contributed by atoms with E-state index < -0.39 is 0 Å². The van der Waals surface area contributed by atoms with E-state index in [1.807, 2.05) is 48.5 Å². The van der Waals surface area contributed by atoms with Crippen LogP contribution in [0.15, 0.2) is 78.9 Å². The number of imidazole rings is 1. The van der Waals surface area contributed by atoms with E-state index in [1.165, 1.54) is 5.56 Å². The van der Waals surface area contributed by atoms with Crippen molar-refractivity contribution in [2.75, 3.05) is 6.54 Å². The van der Waals surface area contributed by atoms with Crippen molar-refractivity contribution in [1.82, 2.24) is 14.9 Å². The van der Waals surface area contributed by atoms with E-state index >= 15 is 0 Å². The molecular formula is C26H26ClN3O. The van der Waals surface area contributed by atoms with E-state index in [2.05, 4.69) is 40.2 Å². The first-order chi connectivity index (χ1) is 15.2. The lowest BCUT2D eigenvalue weighted by Gasteiger charge is -2.10. The average molecular weight is 432 g/mol. The molecule has 4 aromatic rings.